The Morgan fingerprint density at radius 2 is 1.94 bits per heavy atom. The Kier molecular flexibility index (Phi) is 4.53. The molecule has 0 unspecified atom stereocenters. The lowest BCUT2D eigenvalue weighted by Gasteiger charge is -2.27. The van der Waals surface area contributed by atoms with E-state index in [0.29, 0.717) is 12.6 Å². The first kappa shape index (κ1) is 13.3. The van der Waals surface area contributed by atoms with Crippen LogP contribution in [0.4, 0.5) is 5.95 Å². The van der Waals surface area contributed by atoms with Gasteiger partial charge in [0.2, 0.25) is 5.95 Å². The van der Waals surface area contributed by atoms with Crippen LogP contribution in [0.25, 0.3) is 0 Å². The van der Waals surface area contributed by atoms with Gasteiger partial charge in [-0.1, -0.05) is 25.7 Å². The third kappa shape index (κ3) is 2.99. The summed E-state index contributed by atoms with van der Waals surface area (Å²) in [6.45, 7) is 2.52. The fourth-order valence-electron chi connectivity index (χ4n) is 2.66. The van der Waals surface area contributed by atoms with Gasteiger partial charge in [-0.15, -0.1) is 0 Å². The van der Waals surface area contributed by atoms with Crippen molar-refractivity contribution in [1.29, 1.82) is 0 Å². The minimum atomic E-state index is 0.513. The highest BCUT2D eigenvalue weighted by Gasteiger charge is 2.19. The largest absolute Gasteiger partial charge is 0.341 e. The first-order chi connectivity index (χ1) is 8.72. The Morgan fingerprint density at radius 1 is 1.28 bits per heavy atom. The van der Waals surface area contributed by atoms with Crippen LogP contribution in [0.1, 0.15) is 49.8 Å². The van der Waals surface area contributed by atoms with E-state index in [2.05, 4.69) is 21.9 Å². The van der Waals surface area contributed by atoms with Crippen LogP contribution in [0.15, 0.2) is 6.20 Å². The normalized spacial score (nSPS) is 17.5. The predicted molar refractivity (Wildman–Crippen MR) is 74.6 cm³/mol. The molecule has 2 rings (SSSR count). The summed E-state index contributed by atoms with van der Waals surface area (Å²) in [5.74, 6) is 0.844. The second kappa shape index (κ2) is 6.14. The van der Waals surface area contributed by atoms with Crippen molar-refractivity contribution < 1.29 is 0 Å². The molecule has 0 aliphatic heterocycles. The number of aryl methyl sites for hydroxylation is 1. The number of anilines is 1. The molecule has 1 saturated carbocycles. The van der Waals surface area contributed by atoms with Crippen LogP contribution < -0.4 is 10.6 Å². The van der Waals surface area contributed by atoms with Gasteiger partial charge in [0.25, 0.3) is 0 Å². The molecule has 100 valence electrons. The highest BCUT2D eigenvalue weighted by atomic mass is 15.2. The van der Waals surface area contributed by atoms with Crippen molar-refractivity contribution in [2.45, 2.75) is 58.0 Å². The number of hydrogen-bond donors (Lipinski definition) is 1. The molecule has 0 atom stereocenters. The average molecular weight is 248 g/mol. The number of hydrogen-bond acceptors (Lipinski definition) is 4. The van der Waals surface area contributed by atoms with E-state index >= 15 is 0 Å². The molecule has 0 saturated heterocycles. The van der Waals surface area contributed by atoms with Crippen molar-refractivity contribution in [2.24, 2.45) is 5.73 Å². The molecule has 0 radical (unpaired) electrons. The topological polar surface area (TPSA) is 55.0 Å². The standard InChI is InChI=1S/C14H24N4/c1-11-12(9-15)10-16-14(17-11)18(2)13-7-5-3-4-6-8-13/h10,13H,3-9,15H2,1-2H3. The summed E-state index contributed by atoms with van der Waals surface area (Å²) in [6.07, 6.45) is 9.79. The van der Waals surface area contributed by atoms with Crippen LogP contribution in [0.5, 0.6) is 0 Å². The van der Waals surface area contributed by atoms with E-state index in [1.165, 1.54) is 38.5 Å². The molecule has 0 spiro atoms. The zero-order chi connectivity index (χ0) is 13.0. The lowest BCUT2D eigenvalue weighted by atomic mass is 10.1. The fourth-order valence-corrected chi connectivity index (χ4v) is 2.66. The molecule has 0 aromatic carbocycles. The summed E-state index contributed by atoms with van der Waals surface area (Å²) < 4.78 is 0. The molecule has 1 aromatic heterocycles. The Bertz CT molecular complexity index is 383. The van der Waals surface area contributed by atoms with Crippen molar-refractivity contribution >= 4 is 5.95 Å². The van der Waals surface area contributed by atoms with Crippen LogP contribution in [0.3, 0.4) is 0 Å². The molecular weight excluding hydrogens is 224 g/mol. The zero-order valence-electron chi connectivity index (χ0n) is 11.5. The van der Waals surface area contributed by atoms with Crippen molar-refractivity contribution in [3.8, 4) is 0 Å². The van der Waals surface area contributed by atoms with Gasteiger partial charge in [0.15, 0.2) is 0 Å². The number of nitrogens with two attached hydrogens (primary N) is 1. The van der Waals surface area contributed by atoms with Gasteiger partial charge in [0, 0.05) is 37.1 Å². The van der Waals surface area contributed by atoms with Crippen molar-refractivity contribution in [3.63, 3.8) is 0 Å². The Hall–Kier alpha value is -1.16. The van der Waals surface area contributed by atoms with E-state index in [1.807, 2.05) is 13.1 Å². The van der Waals surface area contributed by atoms with Crippen LogP contribution in [-0.4, -0.2) is 23.1 Å². The first-order valence-electron chi connectivity index (χ1n) is 6.98. The maximum absolute atomic E-state index is 5.65. The Labute approximate surface area is 110 Å². The second-order valence-electron chi connectivity index (χ2n) is 5.24. The average Bonchev–Trinajstić information content (AvgIpc) is 2.66. The molecule has 1 aromatic rings. The quantitative estimate of drug-likeness (QED) is 0.835. The molecule has 18 heavy (non-hydrogen) atoms. The van der Waals surface area contributed by atoms with E-state index in [-0.39, 0.29) is 0 Å². The summed E-state index contributed by atoms with van der Waals surface area (Å²) in [6, 6.07) is 0.593. The number of nitrogens with zero attached hydrogens (tertiary/aromatic N) is 3. The van der Waals surface area contributed by atoms with Gasteiger partial charge in [0.1, 0.15) is 0 Å². The highest BCUT2D eigenvalue weighted by molar-refractivity contribution is 5.33. The summed E-state index contributed by atoms with van der Waals surface area (Å²) in [5, 5.41) is 0. The van der Waals surface area contributed by atoms with Gasteiger partial charge < -0.3 is 10.6 Å². The van der Waals surface area contributed by atoms with Crippen molar-refractivity contribution in [3.05, 3.63) is 17.5 Å². The first-order valence-corrected chi connectivity index (χ1v) is 6.98. The molecule has 0 bridgehead atoms. The Morgan fingerprint density at radius 3 is 2.50 bits per heavy atom. The zero-order valence-corrected chi connectivity index (χ0v) is 11.5. The third-order valence-corrected chi connectivity index (χ3v) is 3.98. The minimum Gasteiger partial charge on any atom is -0.341 e. The molecule has 2 N–H and O–H groups in total. The van der Waals surface area contributed by atoms with Gasteiger partial charge in [0.05, 0.1) is 0 Å². The van der Waals surface area contributed by atoms with E-state index in [1.54, 1.807) is 0 Å². The van der Waals surface area contributed by atoms with Crippen molar-refractivity contribution in [1.82, 2.24) is 9.97 Å². The maximum atomic E-state index is 5.65. The maximum Gasteiger partial charge on any atom is 0.225 e. The molecule has 4 nitrogen and oxygen atoms in total. The number of rotatable bonds is 3. The fraction of sp³-hybridized carbons (Fsp3) is 0.714. The smallest absolute Gasteiger partial charge is 0.225 e. The Balaban J connectivity index is 2.11. The molecule has 1 aliphatic carbocycles. The highest BCUT2D eigenvalue weighted by Crippen LogP contribution is 2.23. The lowest BCUT2D eigenvalue weighted by molar-refractivity contribution is 0.544. The van der Waals surface area contributed by atoms with Crippen molar-refractivity contribution in [2.75, 3.05) is 11.9 Å². The van der Waals surface area contributed by atoms with Gasteiger partial charge >= 0.3 is 0 Å². The van der Waals surface area contributed by atoms with Gasteiger partial charge in [-0.25, -0.2) is 9.97 Å². The minimum absolute atomic E-state index is 0.513. The predicted octanol–water partition coefficient (Wildman–Crippen LogP) is 2.40. The van der Waals surface area contributed by atoms with Crippen LogP contribution in [0, 0.1) is 6.92 Å². The van der Waals surface area contributed by atoms with E-state index in [9.17, 15) is 0 Å². The SMILES string of the molecule is Cc1nc(N(C)C2CCCCCC2)ncc1CN. The molecule has 4 heteroatoms. The van der Waals surface area contributed by atoms with Gasteiger partial charge in [-0.05, 0) is 19.8 Å². The third-order valence-electron chi connectivity index (χ3n) is 3.98. The summed E-state index contributed by atoms with van der Waals surface area (Å²) in [5.41, 5.74) is 7.68. The van der Waals surface area contributed by atoms with Gasteiger partial charge in [-0.2, -0.15) is 0 Å². The number of aromatic nitrogens is 2. The van der Waals surface area contributed by atoms with E-state index < -0.39 is 0 Å². The molecular formula is C14H24N4. The molecule has 1 aliphatic rings. The summed E-state index contributed by atoms with van der Waals surface area (Å²) in [4.78, 5) is 11.3. The molecule has 0 amide bonds. The monoisotopic (exact) mass is 248 g/mol. The van der Waals surface area contributed by atoms with E-state index in [4.69, 9.17) is 5.73 Å². The van der Waals surface area contributed by atoms with Crippen LogP contribution in [-0.2, 0) is 6.54 Å². The van der Waals surface area contributed by atoms with Gasteiger partial charge in [-0.3, -0.25) is 0 Å². The van der Waals surface area contributed by atoms with Crippen LogP contribution in [0.2, 0.25) is 0 Å². The second-order valence-corrected chi connectivity index (χ2v) is 5.24. The van der Waals surface area contributed by atoms with Crippen LogP contribution >= 0.6 is 0 Å². The summed E-state index contributed by atoms with van der Waals surface area (Å²) >= 11 is 0. The van der Waals surface area contributed by atoms with E-state index in [0.717, 1.165) is 17.2 Å². The lowest BCUT2D eigenvalue weighted by Crippen LogP contribution is -2.32. The molecule has 1 fully saturated rings. The summed E-state index contributed by atoms with van der Waals surface area (Å²) in [7, 11) is 2.12. The molecule has 1 heterocycles.